The van der Waals surface area contributed by atoms with Crippen molar-refractivity contribution in [3.8, 4) is 5.75 Å². The minimum absolute atomic E-state index is 0.0176. The van der Waals surface area contributed by atoms with E-state index < -0.39 is 6.10 Å². The Labute approximate surface area is 169 Å². The van der Waals surface area contributed by atoms with Gasteiger partial charge in [0.05, 0.1) is 0 Å². The highest BCUT2D eigenvalue weighted by molar-refractivity contribution is 5.84. The van der Waals surface area contributed by atoms with Gasteiger partial charge < -0.3 is 15.0 Å². The van der Waals surface area contributed by atoms with Crippen molar-refractivity contribution in [2.75, 3.05) is 26.2 Å². The van der Waals surface area contributed by atoms with Gasteiger partial charge in [0.2, 0.25) is 0 Å². The van der Waals surface area contributed by atoms with Gasteiger partial charge >= 0.3 is 0 Å². The van der Waals surface area contributed by atoms with Gasteiger partial charge in [-0.05, 0) is 60.5 Å². The Balaban J connectivity index is 1.45. The van der Waals surface area contributed by atoms with Gasteiger partial charge in [0, 0.05) is 19.6 Å². The van der Waals surface area contributed by atoms with E-state index in [0.717, 1.165) is 35.9 Å². The van der Waals surface area contributed by atoms with Crippen molar-refractivity contribution in [1.82, 2.24) is 10.2 Å². The third-order valence-corrected chi connectivity index (χ3v) is 5.56. The monoisotopic (exact) mass is 382 g/mol. The number of amides is 1. The van der Waals surface area contributed by atoms with Crippen LogP contribution in [-0.4, -0.2) is 43.1 Å². The number of nitrogens with zero attached hydrogens (tertiary/aromatic N) is 1. The van der Waals surface area contributed by atoms with Crippen molar-refractivity contribution in [2.45, 2.75) is 46.1 Å². The molecule has 4 heteroatoms. The molecule has 0 saturated carbocycles. The van der Waals surface area contributed by atoms with E-state index in [0.29, 0.717) is 13.0 Å². The van der Waals surface area contributed by atoms with Crippen LogP contribution in [0.3, 0.4) is 0 Å². The Hall–Kier alpha value is -2.07. The fraction of sp³-hybridized carbons (Fsp3) is 0.542. The molecule has 0 aliphatic carbocycles. The van der Waals surface area contributed by atoms with Crippen LogP contribution < -0.4 is 10.1 Å². The maximum absolute atomic E-state index is 12.5. The van der Waals surface area contributed by atoms with Gasteiger partial charge in [-0.15, -0.1) is 0 Å². The predicted octanol–water partition coefficient (Wildman–Crippen LogP) is 4.48. The quantitative estimate of drug-likeness (QED) is 0.685. The highest BCUT2D eigenvalue weighted by atomic mass is 16.5. The smallest absolute Gasteiger partial charge is 0.261 e. The van der Waals surface area contributed by atoms with Crippen molar-refractivity contribution in [2.24, 2.45) is 11.8 Å². The maximum Gasteiger partial charge on any atom is 0.261 e. The topological polar surface area (TPSA) is 41.6 Å². The Morgan fingerprint density at radius 1 is 1.14 bits per heavy atom. The van der Waals surface area contributed by atoms with E-state index >= 15 is 0 Å². The summed E-state index contributed by atoms with van der Waals surface area (Å²) in [4.78, 5) is 15.1. The molecule has 4 nitrogen and oxygen atoms in total. The van der Waals surface area contributed by atoms with Crippen molar-refractivity contribution < 1.29 is 9.53 Å². The lowest BCUT2D eigenvalue weighted by molar-refractivity contribution is -0.128. The molecule has 1 aliphatic rings. The predicted molar refractivity (Wildman–Crippen MR) is 116 cm³/mol. The van der Waals surface area contributed by atoms with Gasteiger partial charge in [-0.1, -0.05) is 51.1 Å². The molecule has 1 N–H and O–H groups in total. The summed E-state index contributed by atoms with van der Waals surface area (Å²) in [5.74, 6) is 2.28. The molecule has 1 saturated heterocycles. The third-order valence-electron chi connectivity index (χ3n) is 5.56. The lowest BCUT2D eigenvalue weighted by Gasteiger charge is -2.35. The summed E-state index contributed by atoms with van der Waals surface area (Å²) in [5, 5.41) is 5.36. The van der Waals surface area contributed by atoms with E-state index in [4.69, 9.17) is 4.74 Å². The molecule has 1 amide bonds. The van der Waals surface area contributed by atoms with E-state index in [2.05, 4.69) is 36.2 Å². The van der Waals surface area contributed by atoms with Crippen molar-refractivity contribution in [1.29, 1.82) is 0 Å². The lowest BCUT2D eigenvalue weighted by atomic mass is 9.92. The number of piperidine rings is 1. The number of fused-ring (bicyclic) bond motifs is 1. The van der Waals surface area contributed by atoms with Crippen LogP contribution in [0.5, 0.6) is 5.75 Å². The van der Waals surface area contributed by atoms with Crippen molar-refractivity contribution in [3.63, 3.8) is 0 Å². The first-order chi connectivity index (χ1) is 13.5. The molecule has 0 spiro atoms. The van der Waals surface area contributed by atoms with Crippen LogP contribution in [0.15, 0.2) is 42.5 Å². The second kappa shape index (κ2) is 9.92. The number of rotatable bonds is 8. The second-order valence-electron chi connectivity index (χ2n) is 8.37. The van der Waals surface area contributed by atoms with E-state index in [-0.39, 0.29) is 5.91 Å². The zero-order valence-corrected chi connectivity index (χ0v) is 17.5. The largest absolute Gasteiger partial charge is 0.481 e. The summed E-state index contributed by atoms with van der Waals surface area (Å²) in [6, 6.07) is 14.2. The zero-order chi connectivity index (χ0) is 19.9. The van der Waals surface area contributed by atoms with E-state index in [1.165, 1.54) is 24.9 Å². The fourth-order valence-corrected chi connectivity index (χ4v) is 4.33. The SMILES string of the molecule is CC[C@H](Oc1ccc2ccccc2c1)C(=O)NCCCN1C[C@@H](C)C[C@H](C)C1. The van der Waals surface area contributed by atoms with Crippen LogP contribution in [0, 0.1) is 11.8 Å². The highest BCUT2D eigenvalue weighted by Gasteiger charge is 2.22. The Morgan fingerprint density at radius 3 is 2.57 bits per heavy atom. The van der Waals surface area contributed by atoms with Crippen LogP contribution in [0.2, 0.25) is 0 Å². The van der Waals surface area contributed by atoms with Gasteiger partial charge in [-0.3, -0.25) is 4.79 Å². The molecule has 0 bridgehead atoms. The highest BCUT2D eigenvalue weighted by Crippen LogP contribution is 2.22. The molecule has 0 aromatic heterocycles. The molecular formula is C24H34N2O2. The molecule has 1 aliphatic heterocycles. The number of likely N-dealkylation sites (tertiary alicyclic amines) is 1. The number of carbonyl (C=O) groups excluding carboxylic acids is 1. The minimum Gasteiger partial charge on any atom is -0.481 e. The number of nitrogens with one attached hydrogen (secondary N) is 1. The Morgan fingerprint density at radius 2 is 1.86 bits per heavy atom. The van der Waals surface area contributed by atoms with Gasteiger partial charge in [0.1, 0.15) is 5.75 Å². The Kier molecular flexibility index (Phi) is 7.32. The number of benzene rings is 2. The summed E-state index contributed by atoms with van der Waals surface area (Å²) in [5.41, 5.74) is 0. The summed E-state index contributed by atoms with van der Waals surface area (Å²) >= 11 is 0. The standard InChI is InChI=1S/C24H34N2O2/c1-4-23(28-22-11-10-20-8-5-6-9-21(20)15-22)24(27)25-12-7-13-26-16-18(2)14-19(3)17-26/h5-6,8-11,15,18-19,23H,4,7,12-14,16-17H2,1-3H3,(H,25,27)/t18-,19-,23-/m0/s1. The molecule has 2 aromatic carbocycles. The number of hydrogen-bond acceptors (Lipinski definition) is 3. The van der Waals surface area contributed by atoms with Crippen LogP contribution in [0.4, 0.5) is 0 Å². The summed E-state index contributed by atoms with van der Waals surface area (Å²) < 4.78 is 5.99. The normalized spacial score (nSPS) is 21.4. The molecule has 28 heavy (non-hydrogen) atoms. The first-order valence-corrected chi connectivity index (χ1v) is 10.7. The van der Waals surface area contributed by atoms with Crippen molar-refractivity contribution >= 4 is 16.7 Å². The second-order valence-corrected chi connectivity index (χ2v) is 8.37. The van der Waals surface area contributed by atoms with E-state index in [1.54, 1.807) is 0 Å². The number of hydrogen-bond donors (Lipinski definition) is 1. The van der Waals surface area contributed by atoms with Gasteiger partial charge in [-0.2, -0.15) is 0 Å². The molecule has 152 valence electrons. The van der Waals surface area contributed by atoms with Gasteiger partial charge in [0.15, 0.2) is 6.10 Å². The van der Waals surface area contributed by atoms with Gasteiger partial charge in [-0.25, -0.2) is 0 Å². The molecular weight excluding hydrogens is 348 g/mol. The summed E-state index contributed by atoms with van der Waals surface area (Å²) in [6.45, 7) is 10.8. The van der Waals surface area contributed by atoms with E-state index in [1.807, 2.05) is 37.3 Å². The van der Waals surface area contributed by atoms with Crippen LogP contribution >= 0.6 is 0 Å². The average molecular weight is 383 g/mol. The molecule has 3 rings (SSSR count). The van der Waals surface area contributed by atoms with Crippen LogP contribution in [-0.2, 0) is 4.79 Å². The molecule has 3 atom stereocenters. The molecule has 1 heterocycles. The first kappa shape index (κ1) is 20.7. The maximum atomic E-state index is 12.5. The zero-order valence-electron chi connectivity index (χ0n) is 17.5. The summed E-state index contributed by atoms with van der Waals surface area (Å²) in [7, 11) is 0. The fourth-order valence-electron chi connectivity index (χ4n) is 4.33. The summed E-state index contributed by atoms with van der Waals surface area (Å²) in [6.07, 6.45) is 2.52. The Bertz CT molecular complexity index is 766. The molecule has 0 radical (unpaired) electrons. The first-order valence-electron chi connectivity index (χ1n) is 10.7. The van der Waals surface area contributed by atoms with E-state index in [9.17, 15) is 4.79 Å². The number of carbonyl (C=O) groups is 1. The third kappa shape index (κ3) is 5.71. The van der Waals surface area contributed by atoms with Crippen LogP contribution in [0.1, 0.15) is 40.0 Å². The number of ether oxygens (including phenoxy) is 1. The van der Waals surface area contributed by atoms with Crippen molar-refractivity contribution in [3.05, 3.63) is 42.5 Å². The average Bonchev–Trinajstić information content (AvgIpc) is 2.68. The lowest BCUT2D eigenvalue weighted by Crippen LogP contribution is -2.41. The molecule has 2 aromatic rings. The van der Waals surface area contributed by atoms with Crippen LogP contribution in [0.25, 0.3) is 10.8 Å². The van der Waals surface area contributed by atoms with Gasteiger partial charge in [0.25, 0.3) is 5.91 Å². The molecule has 1 fully saturated rings. The molecule has 0 unspecified atom stereocenters. The minimum atomic E-state index is -0.448.